The van der Waals surface area contributed by atoms with Gasteiger partial charge in [-0.2, -0.15) is 0 Å². The van der Waals surface area contributed by atoms with Crippen molar-refractivity contribution in [3.8, 4) is 0 Å². The van der Waals surface area contributed by atoms with Gasteiger partial charge >= 0.3 is 0 Å². The minimum absolute atomic E-state index is 0.0428. The first-order valence-corrected chi connectivity index (χ1v) is 16.8. The van der Waals surface area contributed by atoms with Crippen LogP contribution in [0.2, 0.25) is 0 Å². The van der Waals surface area contributed by atoms with E-state index in [0.717, 1.165) is 58.0 Å². The van der Waals surface area contributed by atoms with Gasteiger partial charge in [0.15, 0.2) is 0 Å². The number of rotatable bonds is 29. The van der Waals surface area contributed by atoms with Gasteiger partial charge in [-0.05, 0) is 25.7 Å². The second-order valence-electron chi connectivity index (χ2n) is 11.6. The standard InChI is InChI=1S/C33H65N3O3/c1-4-7-10-13-16-17-18-19-22-25-32(38)35-30(26-27-31(34)37)33(39)36(28-23-20-14-11-8-5-2)29-24-21-15-12-9-6-3/h30H,4-29H2,1-3H3,(H2,34,37)(H,35,38)/t30-/m0/s1. The Morgan fingerprint density at radius 2 is 0.949 bits per heavy atom. The van der Waals surface area contributed by atoms with Crippen LogP contribution in [0.1, 0.15) is 175 Å². The van der Waals surface area contributed by atoms with Crippen molar-refractivity contribution in [3.63, 3.8) is 0 Å². The third kappa shape index (κ3) is 24.0. The van der Waals surface area contributed by atoms with E-state index in [0.29, 0.717) is 6.42 Å². The van der Waals surface area contributed by atoms with E-state index in [1.807, 2.05) is 4.90 Å². The second kappa shape index (κ2) is 28.0. The first kappa shape index (κ1) is 37.4. The fourth-order valence-electron chi connectivity index (χ4n) is 5.13. The van der Waals surface area contributed by atoms with Gasteiger partial charge in [0.25, 0.3) is 0 Å². The fraction of sp³-hybridized carbons (Fsp3) is 0.909. The Morgan fingerprint density at radius 3 is 1.36 bits per heavy atom. The molecule has 0 saturated carbocycles. The van der Waals surface area contributed by atoms with Crippen LogP contribution in [0.4, 0.5) is 0 Å². The van der Waals surface area contributed by atoms with E-state index in [1.165, 1.54) is 89.9 Å². The quantitative estimate of drug-likeness (QED) is 0.0917. The van der Waals surface area contributed by atoms with Gasteiger partial charge in [-0.3, -0.25) is 14.4 Å². The molecule has 0 spiro atoms. The summed E-state index contributed by atoms with van der Waals surface area (Å²) >= 11 is 0. The smallest absolute Gasteiger partial charge is 0.245 e. The molecule has 0 aromatic heterocycles. The second-order valence-corrected chi connectivity index (χ2v) is 11.6. The molecule has 0 aromatic carbocycles. The molecule has 0 fully saturated rings. The highest BCUT2D eigenvalue weighted by Crippen LogP contribution is 2.13. The predicted molar refractivity (Wildman–Crippen MR) is 166 cm³/mol. The summed E-state index contributed by atoms with van der Waals surface area (Å²) in [4.78, 5) is 39.8. The van der Waals surface area contributed by atoms with Crippen molar-refractivity contribution < 1.29 is 14.4 Å². The van der Waals surface area contributed by atoms with Crippen LogP contribution in [0.3, 0.4) is 0 Å². The molecule has 3 amide bonds. The molecular weight excluding hydrogens is 486 g/mol. The molecule has 1 atom stereocenters. The highest BCUT2D eigenvalue weighted by Gasteiger charge is 2.26. The average Bonchev–Trinajstić information content (AvgIpc) is 2.92. The molecule has 0 saturated heterocycles. The molecule has 0 radical (unpaired) electrons. The van der Waals surface area contributed by atoms with Crippen LogP contribution in [0.25, 0.3) is 0 Å². The highest BCUT2D eigenvalue weighted by atomic mass is 16.2. The zero-order chi connectivity index (χ0) is 29.0. The van der Waals surface area contributed by atoms with Gasteiger partial charge in [-0.1, -0.05) is 136 Å². The van der Waals surface area contributed by atoms with Crippen molar-refractivity contribution in [2.45, 2.75) is 181 Å². The number of primary amides is 1. The molecule has 0 aromatic rings. The van der Waals surface area contributed by atoms with Gasteiger partial charge < -0.3 is 16.0 Å². The van der Waals surface area contributed by atoms with Crippen LogP contribution in [0, 0.1) is 0 Å². The lowest BCUT2D eigenvalue weighted by atomic mass is 10.1. The zero-order valence-electron chi connectivity index (χ0n) is 26.2. The Hall–Kier alpha value is -1.59. The number of nitrogens with one attached hydrogen (secondary N) is 1. The van der Waals surface area contributed by atoms with E-state index in [1.54, 1.807) is 0 Å². The minimum atomic E-state index is -0.663. The van der Waals surface area contributed by atoms with Gasteiger partial charge in [0, 0.05) is 25.9 Å². The average molecular weight is 552 g/mol. The van der Waals surface area contributed by atoms with Crippen molar-refractivity contribution in [2.75, 3.05) is 13.1 Å². The zero-order valence-corrected chi connectivity index (χ0v) is 26.2. The lowest BCUT2D eigenvalue weighted by Gasteiger charge is -2.28. The van der Waals surface area contributed by atoms with Crippen molar-refractivity contribution >= 4 is 17.7 Å². The number of carbonyl (C=O) groups excluding carboxylic acids is 3. The van der Waals surface area contributed by atoms with Crippen LogP contribution >= 0.6 is 0 Å². The molecule has 39 heavy (non-hydrogen) atoms. The molecule has 0 rings (SSSR count). The summed E-state index contributed by atoms with van der Waals surface area (Å²) in [6.45, 7) is 8.12. The maximum Gasteiger partial charge on any atom is 0.245 e. The van der Waals surface area contributed by atoms with E-state index >= 15 is 0 Å². The molecule has 0 unspecified atom stereocenters. The largest absolute Gasteiger partial charge is 0.370 e. The predicted octanol–water partition coefficient (Wildman–Crippen LogP) is 8.21. The van der Waals surface area contributed by atoms with Crippen LogP contribution in [-0.2, 0) is 14.4 Å². The summed E-state index contributed by atoms with van der Waals surface area (Å²) < 4.78 is 0. The van der Waals surface area contributed by atoms with Gasteiger partial charge in [0.05, 0.1) is 0 Å². The van der Waals surface area contributed by atoms with E-state index in [9.17, 15) is 14.4 Å². The van der Waals surface area contributed by atoms with Crippen molar-refractivity contribution in [1.82, 2.24) is 10.2 Å². The molecule has 0 aliphatic carbocycles. The Kier molecular flexibility index (Phi) is 26.8. The third-order valence-electron chi connectivity index (χ3n) is 7.69. The number of hydrogen-bond acceptors (Lipinski definition) is 3. The van der Waals surface area contributed by atoms with Gasteiger partial charge in [-0.15, -0.1) is 0 Å². The Labute approximate surface area is 242 Å². The van der Waals surface area contributed by atoms with Gasteiger partial charge in [-0.25, -0.2) is 0 Å². The molecule has 6 heteroatoms. The number of nitrogens with zero attached hydrogens (tertiary/aromatic N) is 1. The maximum absolute atomic E-state index is 13.6. The first-order chi connectivity index (χ1) is 19.0. The minimum Gasteiger partial charge on any atom is -0.370 e. The van der Waals surface area contributed by atoms with E-state index in [-0.39, 0.29) is 24.7 Å². The van der Waals surface area contributed by atoms with Crippen molar-refractivity contribution in [2.24, 2.45) is 5.73 Å². The molecule has 0 aliphatic heterocycles. The molecule has 3 N–H and O–H groups in total. The molecule has 0 bridgehead atoms. The van der Waals surface area contributed by atoms with E-state index in [2.05, 4.69) is 26.1 Å². The monoisotopic (exact) mass is 552 g/mol. The van der Waals surface area contributed by atoms with Crippen LogP contribution in [0.15, 0.2) is 0 Å². The van der Waals surface area contributed by atoms with E-state index < -0.39 is 11.9 Å². The summed E-state index contributed by atoms with van der Waals surface area (Å²) in [5, 5.41) is 2.98. The van der Waals surface area contributed by atoms with Crippen molar-refractivity contribution in [1.29, 1.82) is 0 Å². The van der Waals surface area contributed by atoms with Gasteiger partial charge in [0.2, 0.25) is 17.7 Å². The number of hydrogen-bond donors (Lipinski definition) is 2. The molecular formula is C33H65N3O3. The normalized spacial score (nSPS) is 11.9. The van der Waals surface area contributed by atoms with Crippen LogP contribution < -0.4 is 11.1 Å². The Morgan fingerprint density at radius 1 is 0.564 bits per heavy atom. The summed E-state index contributed by atoms with van der Waals surface area (Å²) in [5.41, 5.74) is 5.41. The lowest BCUT2D eigenvalue weighted by Crippen LogP contribution is -2.49. The first-order valence-electron chi connectivity index (χ1n) is 16.8. The molecule has 0 aliphatic rings. The summed E-state index contributed by atoms with van der Waals surface area (Å²) in [6.07, 6.45) is 25.7. The summed E-state index contributed by atoms with van der Waals surface area (Å²) in [7, 11) is 0. The van der Waals surface area contributed by atoms with Crippen molar-refractivity contribution in [3.05, 3.63) is 0 Å². The fourth-order valence-corrected chi connectivity index (χ4v) is 5.13. The maximum atomic E-state index is 13.6. The molecule has 6 nitrogen and oxygen atoms in total. The topological polar surface area (TPSA) is 92.5 Å². The summed E-state index contributed by atoms with van der Waals surface area (Å²) in [6, 6.07) is -0.663. The highest BCUT2D eigenvalue weighted by molar-refractivity contribution is 5.88. The number of unbranched alkanes of at least 4 members (excludes halogenated alkanes) is 18. The van der Waals surface area contributed by atoms with E-state index in [4.69, 9.17) is 5.73 Å². The molecule has 230 valence electrons. The molecule has 0 heterocycles. The van der Waals surface area contributed by atoms with Crippen LogP contribution in [0.5, 0.6) is 0 Å². The number of carbonyl (C=O) groups is 3. The number of amides is 3. The Balaban J connectivity index is 4.81. The SMILES string of the molecule is CCCCCCCCCCCC(=O)N[C@@H](CCC(N)=O)C(=O)N(CCCCCCCC)CCCCCCCC. The van der Waals surface area contributed by atoms with Crippen LogP contribution in [-0.4, -0.2) is 41.8 Å². The summed E-state index contributed by atoms with van der Waals surface area (Å²) in [5.74, 6) is -0.557. The lowest BCUT2D eigenvalue weighted by molar-refractivity contribution is -0.137. The Bertz CT molecular complexity index is 581. The number of nitrogens with two attached hydrogens (primary N) is 1. The third-order valence-corrected chi connectivity index (χ3v) is 7.69. The van der Waals surface area contributed by atoms with Gasteiger partial charge in [0.1, 0.15) is 6.04 Å².